The summed E-state index contributed by atoms with van der Waals surface area (Å²) in [4.78, 5) is 4.59. The lowest BCUT2D eigenvalue weighted by atomic mass is 10.2. The Bertz CT molecular complexity index is 695. The molecular weight excluding hydrogens is 246 g/mol. The van der Waals surface area contributed by atoms with Crippen molar-refractivity contribution in [3.63, 3.8) is 0 Å². The van der Waals surface area contributed by atoms with Gasteiger partial charge in [0.05, 0.1) is 5.56 Å². The van der Waals surface area contributed by atoms with Crippen LogP contribution in [0.25, 0.3) is 5.70 Å². The minimum Gasteiger partial charge on any atom is -0.358 e. The van der Waals surface area contributed by atoms with Gasteiger partial charge in [0.2, 0.25) is 0 Å². The molecule has 0 aromatic carbocycles. The highest BCUT2D eigenvalue weighted by Gasteiger charge is 2.13. The molecule has 0 aliphatic carbocycles. The molecule has 0 spiro atoms. The minimum atomic E-state index is -0.0253. The van der Waals surface area contributed by atoms with Gasteiger partial charge in [-0.2, -0.15) is 5.26 Å². The Balaban J connectivity index is 2.94. The number of pyridine rings is 1. The molecule has 2 heterocycles. The second kappa shape index (κ2) is 4.86. The van der Waals surface area contributed by atoms with Crippen LogP contribution in [0.5, 0.6) is 0 Å². The molecule has 94 valence electrons. The van der Waals surface area contributed by atoms with E-state index in [0.29, 0.717) is 12.1 Å². The fourth-order valence-corrected chi connectivity index (χ4v) is 2.50. The zero-order valence-corrected chi connectivity index (χ0v) is 11.4. The summed E-state index contributed by atoms with van der Waals surface area (Å²) in [6.07, 6.45) is 1.99. The third kappa shape index (κ3) is 1.91. The van der Waals surface area contributed by atoms with Gasteiger partial charge in [-0.3, -0.25) is 5.41 Å². The fourth-order valence-electron chi connectivity index (χ4n) is 2.00. The second-order valence-corrected chi connectivity index (χ2v) is 4.90. The first-order valence-corrected chi connectivity index (χ1v) is 6.97. The highest BCUT2D eigenvalue weighted by molar-refractivity contribution is 7.99. The van der Waals surface area contributed by atoms with Crippen LogP contribution in [0.1, 0.15) is 19.4 Å². The van der Waals surface area contributed by atoms with Crippen LogP contribution in [-0.4, -0.2) is 16.3 Å². The van der Waals surface area contributed by atoms with Crippen molar-refractivity contribution in [2.75, 3.05) is 6.26 Å². The van der Waals surface area contributed by atoms with Crippen molar-refractivity contribution in [1.29, 1.82) is 10.7 Å². The van der Waals surface area contributed by atoms with E-state index in [2.05, 4.69) is 16.4 Å². The molecule has 1 aliphatic heterocycles. The number of hydrogen-bond acceptors (Lipinski definition) is 5. The Kier molecular flexibility index (Phi) is 3.43. The summed E-state index contributed by atoms with van der Waals surface area (Å²) in [5.41, 5.74) is 2.38. The number of nitrogens with one attached hydrogen (secondary N) is 2. The van der Waals surface area contributed by atoms with Gasteiger partial charge in [-0.25, -0.2) is 4.99 Å². The number of nitriles is 1. The molecule has 0 fully saturated rings. The van der Waals surface area contributed by atoms with E-state index in [-0.39, 0.29) is 11.0 Å². The number of nitrogens with zero attached hydrogens (tertiary/aromatic N) is 3. The van der Waals surface area contributed by atoms with Crippen LogP contribution in [0.2, 0.25) is 0 Å². The van der Waals surface area contributed by atoms with Gasteiger partial charge in [-0.05, 0) is 26.2 Å². The van der Waals surface area contributed by atoms with Gasteiger partial charge in [0.1, 0.15) is 17.0 Å². The normalized spacial score (nSPS) is 17.4. The van der Waals surface area contributed by atoms with Gasteiger partial charge >= 0.3 is 0 Å². The Labute approximate surface area is 109 Å². The molecular formula is C12H15N5S. The Morgan fingerprint density at radius 3 is 2.94 bits per heavy atom. The van der Waals surface area contributed by atoms with E-state index in [1.807, 2.05) is 20.1 Å². The molecule has 2 rings (SSSR count). The van der Waals surface area contributed by atoms with Crippen molar-refractivity contribution in [1.82, 2.24) is 9.88 Å². The van der Waals surface area contributed by atoms with Gasteiger partial charge < -0.3 is 9.88 Å². The molecule has 2 N–H and O–H groups in total. The third-order valence-electron chi connectivity index (χ3n) is 2.95. The van der Waals surface area contributed by atoms with Gasteiger partial charge in [-0.15, -0.1) is 11.8 Å². The molecule has 0 bridgehead atoms. The van der Waals surface area contributed by atoms with E-state index in [1.165, 1.54) is 0 Å². The number of rotatable bonds is 2. The lowest BCUT2D eigenvalue weighted by Crippen LogP contribution is -2.50. The number of fused-ring (bicyclic) bond motifs is 1. The van der Waals surface area contributed by atoms with Gasteiger partial charge in [0.15, 0.2) is 5.50 Å². The molecule has 0 saturated heterocycles. The van der Waals surface area contributed by atoms with Crippen LogP contribution in [0.3, 0.4) is 0 Å². The van der Waals surface area contributed by atoms with Crippen molar-refractivity contribution in [3.05, 3.63) is 27.8 Å². The third-order valence-corrected chi connectivity index (χ3v) is 3.62. The maximum Gasteiger partial charge on any atom is 0.168 e. The van der Waals surface area contributed by atoms with Crippen molar-refractivity contribution < 1.29 is 0 Å². The standard InChI is InChI=1S/C12H15N5S/c1-4-17-10(14)8(6-13)5-9-7(2)15-12(18-3)16-11(9)17/h5,12,14-15H,4H2,1-3H3. The van der Waals surface area contributed by atoms with E-state index in [0.717, 1.165) is 16.4 Å². The summed E-state index contributed by atoms with van der Waals surface area (Å²) >= 11 is 1.61. The molecule has 0 amide bonds. The lowest BCUT2D eigenvalue weighted by molar-refractivity contribution is 0.624. The maximum atomic E-state index is 9.08. The largest absolute Gasteiger partial charge is 0.358 e. The Morgan fingerprint density at radius 2 is 2.39 bits per heavy atom. The summed E-state index contributed by atoms with van der Waals surface area (Å²) in [5.74, 6) is 0. The molecule has 0 saturated carbocycles. The molecule has 5 nitrogen and oxygen atoms in total. The molecule has 0 radical (unpaired) electrons. The van der Waals surface area contributed by atoms with E-state index in [1.54, 1.807) is 22.4 Å². The van der Waals surface area contributed by atoms with Crippen LogP contribution >= 0.6 is 11.8 Å². The van der Waals surface area contributed by atoms with Crippen molar-refractivity contribution >= 4 is 17.5 Å². The van der Waals surface area contributed by atoms with Crippen molar-refractivity contribution in [2.45, 2.75) is 25.9 Å². The first-order chi connectivity index (χ1) is 8.62. The molecule has 1 aliphatic rings. The van der Waals surface area contributed by atoms with Crippen molar-refractivity contribution in [2.24, 2.45) is 4.99 Å². The van der Waals surface area contributed by atoms with Crippen molar-refractivity contribution in [3.8, 4) is 6.07 Å². The molecule has 1 aromatic rings. The number of hydrogen-bond donors (Lipinski definition) is 2. The van der Waals surface area contributed by atoms with Crippen LogP contribution in [0.4, 0.5) is 0 Å². The minimum absolute atomic E-state index is 0.0253. The SMILES string of the molecule is CCn1c(=N)c(C#N)cc2c1=NC(SC)NC=2C. The smallest absolute Gasteiger partial charge is 0.168 e. The first kappa shape index (κ1) is 12.7. The maximum absolute atomic E-state index is 9.08. The molecule has 6 heteroatoms. The van der Waals surface area contributed by atoms with E-state index >= 15 is 0 Å². The monoisotopic (exact) mass is 261 g/mol. The number of thioether (sulfide) groups is 1. The quantitative estimate of drug-likeness (QED) is 0.777. The van der Waals surface area contributed by atoms with Crippen LogP contribution in [0, 0.1) is 16.7 Å². The molecule has 1 unspecified atom stereocenters. The van der Waals surface area contributed by atoms with E-state index in [4.69, 9.17) is 10.7 Å². The highest BCUT2D eigenvalue weighted by Crippen LogP contribution is 2.07. The average molecular weight is 261 g/mol. The summed E-state index contributed by atoms with van der Waals surface area (Å²) in [5, 5.41) is 21.3. The second-order valence-electron chi connectivity index (χ2n) is 3.99. The van der Waals surface area contributed by atoms with E-state index in [9.17, 15) is 0 Å². The zero-order chi connectivity index (χ0) is 13.3. The molecule has 1 atom stereocenters. The van der Waals surface area contributed by atoms with Crippen LogP contribution in [-0.2, 0) is 6.54 Å². The summed E-state index contributed by atoms with van der Waals surface area (Å²) in [7, 11) is 0. The highest BCUT2D eigenvalue weighted by atomic mass is 32.2. The van der Waals surface area contributed by atoms with Crippen LogP contribution < -0.4 is 21.5 Å². The zero-order valence-electron chi connectivity index (χ0n) is 10.6. The average Bonchev–Trinajstić information content (AvgIpc) is 2.38. The fraction of sp³-hybridized carbons (Fsp3) is 0.417. The Morgan fingerprint density at radius 1 is 1.67 bits per heavy atom. The summed E-state index contributed by atoms with van der Waals surface area (Å²) in [6.45, 7) is 4.57. The Hall–Kier alpha value is -1.74. The molecule has 18 heavy (non-hydrogen) atoms. The predicted molar refractivity (Wildman–Crippen MR) is 71.0 cm³/mol. The van der Waals surface area contributed by atoms with Crippen LogP contribution in [0.15, 0.2) is 11.1 Å². The van der Waals surface area contributed by atoms with Gasteiger partial charge in [-0.1, -0.05) is 0 Å². The summed E-state index contributed by atoms with van der Waals surface area (Å²) in [6, 6.07) is 3.81. The summed E-state index contributed by atoms with van der Waals surface area (Å²) < 4.78 is 1.78. The lowest BCUT2D eigenvalue weighted by Gasteiger charge is -2.20. The molecule has 1 aromatic heterocycles. The number of aromatic nitrogens is 1. The van der Waals surface area contributed by atoms with E-state index < -0.39 is 0 Å². The first-order valence-electron chi connectivity index (χ1n) is 5.69. The van der Waals surface area contributed by atoms with Gasteiger partial charge in [0, 0.05) is 17.5 Å². The van der Waals surface area contributed by atoms with Gasteiger partial charge in [0.25, 0.3) is 0 Å². The predicted octanol–water partition coefficient (Wildman–Crippen LogP) is -0.143. The topological polar surface area (TPSA) is 77.0 Å².